The maximum atomic E-state index is 13.5. The SMILES string of the molecule is CC(C)c1nc2c(=O)n(Cc3ccc(Cl)cc3)c(=O)n(Cc3ccc(Cl)cc3)c2n1S. The van der Waals surface area contributed by atoms with E-state index < -0.39 is 11.2 Å². The molecule has 0 N–H and O–H groups in total. The molecule has 2 heterocycles. The lowest BCUT2D eigenvalue weighted by Crippen LogP contribution is -2.40. The van der Waals surface area contributed by atoms with Crippen LogP contribution in [0.4, 0.5) is 0 Å². The Labute approximate surface area is 194 Å². The molecule has 2 aromatic heterocycles. The van der Waals surface area contributed by atoms with Gasteiger partial charge < -0.3 is 0 Å². The third-order valence-corrected chi connectivity index (χ3v) is 5.94. The second-order valence-corrected chi connectivity index (χ2v) is 8.89. The van der Waals surface area contributed by atoms with Crippen molar-refractivity contribution in [2.75, 3.05) is 0 Å². The van der Waals surface area contributed by atoms with Gasteiger partial charge in [0.2, 0.25) is 0 Å². The number of hydrogen-bond donors (Lipinski definition) is 1. The fraction of sp³-hybridized carbons (Fsp3) is 0.227. The Bertz CT molecular complexity index is 1370. The maximum Gasteiger partial charge on any atom is 0.333 e. The molecule has 0 bridgehead atoms. The smallest absolute Gasteiger partial charge is 0.272 e. The topological polar surface area (TPSA) is 61.8 Å². The standard InChI is InChI=1S/C22H20Cl2N4O2S/c1-13(2)19-25-18-20(28(19)31)26(11-14-3-7-16(23)8-4-14)22(30)27(21(18)29)12-15-5-9-17(24)10-6-15/h3-10,13,31H,11-12H2,1-2H3. The molecule has 0 amide bonds. The van der Waals surface area contributed by atoms with Gasteiger partial charge in [0.1, 0.15) is 5.82 Å². The molecule has 0 aliphatic rings. The molecule has 0 fully saturated rings. The van der Waals surface area contributed by atoms with Gasteiger partial charge in [0.15, 0.2) is 11.2 Å². The van der Waals surface area contributed by atoms with E-state index in [-0.39, 0.29) is 24.5 Å². The zero-order valence-corrected chi connectivity index (χ0v) is 19.3. The number of rotatable bonds is 5. The fourth-order valence-electron chi connectivity index (χ4n) is 3.46. The second-order valence-electron chi connectivity index (χ2n) is 7.62. The van der Waals surface area contributed by atoms with Crippen LogP contribution in [0, 0.1) is 0 Å². The number of fused-ring (bicyclic) bond motifs is 1. The predicted molar refractivity (Wildman–Crippen MR) is 128 cm³/mol. The van der Waals surface area contributed by atoms with E-state index in [9.17, 15) is 9.59 Å². The number of imidazole rings is 1. The lowest BCUT2D eigenvalue weighted by molar-refractivity contribution is 0.630. The van der Waals surface area contributed by atoms with E-state index in [2.05, 4.69) is 17.8 Å². The van der Waals surface area contributed by atoms with Crippen molar-refractivity contribution < 1.29 is 0 Å². The summed E-state index contributed by atoms with van der Waals surface area (Å²) in [4.78, 5) is 31.3. The van der Waals surface area contributed by atoms with Gasteiger partial charge in [0, 0.05) is 16.0 Å². The monoisotopic (exact) mass is 474 g/mol. The molecule has 0 saturated heterocycles. The van der Waals surface area contributed by atoms with Crippen LogP contribution in [0.25, 0.3) is 11.2 Å². The lowest BCUT2D eigenvalue weighted by Gasteiger charge is -2.13. The molecule has 0 aliphatic carbocycles. The van der Waals surface area contributed by atoms with Crippen molar-refractivity contribution >= 4 is 47.2 Å². The summed E-state index contributed by atoms with van der Waals surface area (Å²) in [5.41, 5.74) is 1.36. The van der Waals surface area contributed by atoms with Crippen LogP contribution >= 0.6 is 36.0 Å². The van der Waals surface area contributed by atoms with Crippen LogP contribution < -0.4 is 11.2 Å². The summed E-state index contributed by atoms with van der Waals surface area (Å²) in [5, 5.41) is 1.19. The van der Waals surface area contributed by atoms with Gasteiger partial charge in [-0.25, -0.2) is 9.78 Å². The van der Waals surface area contributed by atoms with Gasteiger partial charge >= 0.3 is 5.69 Å². The molecule has 0 spiro atoms. The van der Waals surface area contributed by atoms with Crippen LogP contribution in [-0.2, 0) is 13.1 Å². The van der Waals surface area contributed by atoms with Crippen molar-refractivity contribution in [3.63, 3.8) is 0 Å². The van der Waals surface area contributed by atoms with Crippen molar-refractivity contribution in [3.05, 3.63) is 96.4 Å². The zero-order valence-electron chi connectivity index (χ0n) is 16.9. The van der Waals surface area contributed by atoms with Gasteiger partial charge in [-0.3, -0.25) is 17.9 Å². The van der Waals surface area contributed by atoms with E-state index in [1.54, 1.807) is 36.4 Å². The summed E-state index contributed by atoms with van der Waals surface area (Å²) in [6, 6.07) is 14.3. The fourth-order valence-corrected chi connectivity index (χ4v) is 4.19. The minimum atomic E-state index is -0.447. The van der Waals surface area contributed by atoms with Crippen LogP contribution in [0.3, 0.4) is 0 Å². The van der Waals surface area contributed by atoms with Crippen molar-refractivity contribution in [1.29, 1.82) is 0 Å². The normalized spacial score (nSPS) is 11.5. The Morgan fingerprint density at radius 2 is 1.35 bits per heavy atom. The summed E-state index contributed by atoms with van der Waals surface area (Å²) < 4.78 is 4.26. The molecule has 160 valence electrons. The Balaban J connectivity index is 1.95. The third kappa shape index (κ3) is 4.18. The highest BCUT2D eigenvalue weighted by atomic mass is 35.5. The average Bonchev–Trinajstić information content (AvgIpc) is 3.09. The van der Waals surface area contributed by atoms with Gasteiger partial charge in [0.25, 0.3) is 5.56 Å². The Morgan fingerprint density at radius 1 is 0.871 bits per heavy atom. The molecule has 6 nitrogen and oxygen atoms in total. The summed E-state index contributed by atoms with van der Waals surface area (Å²) in [6.45, 7) is 4.28. The van der Waals surface area contributed by atoms with Gasteiger partial charge in [0.05, 0.1) is 13.1 Å². The van der Waals surface area contributed by atoms with Crippen LogP contribution in [0.2, 0.25) is 10.0 Å². The quantitative estimate of drug-likeness (QED) is 0.430. The first-order chi connectivity index (χ1) is 14.8. The summed E-state index contributed by atoms with van der Waals surface area (Å²) in [5.74, 6) is 0.636. The van der Waals surface area contributed by atoms with Crippen LogP contribution in [0.15, 0.2) is 58.1 Å². The Morgan fingerprint density at radius 3 is 1.84 bits per heavy atom. The zero-order chi connectivity index (χ0) is 22.3. The Hall–Kier alpha value is -2.48. The van der Waals surface area contributed by atoms with Crippen molar-refractivity contribution in [2.45, 2.75) is 32.9 Å². The van der Waals surface area contributed by atoms with Crippen LogP contribution in [-0.4, -0.2) is 18.1 Å². The first kappa shape index (κ1) is 21.7. The van der Waals surface area contributed by atoms with Gasteiger partial charge in [-0.15, -0.1) is 0 Å². The van der Waals surface area contributed by atoms with Crippen LogP contribution in [0.5, 0.6) is 0 Å². The minimum Gasteiger partial charge on any atom is -0.272 e. The van der Waals surface area contributed by atoms with Crippen molar-refractivity contribution in [1.82, 2.24) is 18.1 Å². The highest BCUT2D eigenvalue weighted by molar-refractivity contribution is 7.78. The Kier molecular flexibility index (Phi) is 6.01. The van der Waals surface area contributed by atoms with E-state index in [1.807, 2.05) is 26.0 Å². The van der Waals surface area contributed by atoms with Gasteiger partial charge in [-0.05, 0) is 35.4 Å². The number of thiol groups is 1. The molecule has 2 aromatic carbocycles. The van der Waals surface area contributed by atoms with Crippen LogP contribution in [0.1, 0.15) is 36.7 Å². The highest BCUT2D eigenvalue weighted by Crippen LogP contribution is 2.21. The lowest BCUT2D eigenvalue weighted by atomic mass is 10.2. The number of nitrogens with zero attached hydrogens (tertiary/aromatic N) is 4. The first-order valence-corrected chi connectivity index (χ1v) is 10.9. The van der Waals surface area contributed by atoms with E-state index in [0.717, 1.165) is 11.1 Å². The van der Waals surface area contributed by atoms with E-state index >= 15 is 0 Å². The molecule has 0 atom stereocenters. The second kappa shape index (κ2) is 8.57. The molecule has 9 heteroatoms. The van der Waals surface area contributed by atoms with Gasteiger partial charge in [-0.1, -0.05) is 74.1 Å². The largest absolute Gasteiger partial charge is 0.333 e. The van der Waals surface area contributed by atoms with E-state index in [1.165, 1.54) is 13.1 Å². The molecule has 0 radical (unpaired) electrons. The predicted octanol–water partition coefficient (Wildman–Crippen LogP) is 4.58. The number of halogens is 2. The molecule has 4 aromatic rings. The molecule has 0 saturated carbocycles. The molecule has 4 rings (SSSR count). The number of benzene rings is 2. The molecule has 31 heavy (non-hydrogen) atoms. The van der Waals surface area contributed by atoms with Crippen molar-refractivity contribution in [3.8, 4) is 0 Å². The summed E-state index contributed by atoms with van der Waals surface area (Å²) in [6.07, 6.45) is 0. The number of hydrogen-bond acceptors (Lipinski definition) is 4. The minimum absolute atomic E-state index is 0.0214. The average molecular weight is 475 g/mol. The molecular weight excluding hydrogens is 455 g/mol. The highest BCUT2D eigenvalue weighted by Gasteiger charge is 2.22. The summed E-state index contributed by atoms with van der Waals surface area (Å²) >= 11 is 16.5. The van der Waals surface area contributed by atoms with E-state index in [4.69, 9.17) is 23.2 Å². The maximum absolute atomic E-state index is 13.5. The first-order valence-electron chi connectivity index (χ1n) is 9.70. The summed E-state index contributed by atoms with van der Waals surface area (Å²) in [7, 11) is 0. The van der Waals surface area contributed by atoms with Crippen molar-refractivity contribution in [2.24, 2.45) is 0 Å². The molecule has 0 unspecified atom stereocenters. The molecule has 0 aliphatic heterocycles. The third-order valence-electron chi connectivity index (χ3n) is 5.05. The van der Waals surface area contributed by atoms with Gasteiger partial charge in [-0.2, -0.15) is 0 Å². The number of aromatic nitrogens is 4. The molecular formula is C22H20Cl2N4O2S. The van der Waals surface area contributed by atoms with E-state index in [0.29, 0.717) is 21.5 Å².